The smallest absolute Gasteiger partial charge is 0.414 e. The summed E-state index contributed by atoms with van der Waals surface area (Å²) in [6.45, 7) is 4.41. The van der Waals surface area contributed by atoms with Crippen LogP contribution in [0.2, 0.25) is 0 Å². The molecule has 3 amide bonds. The van der Waals surface area contributed by atoms with E-state index in [0.717, 1.165) is 23.7 Å². The van der Waals surface area contributed by atoms with Crippen LogP contribution >= 0.6 is 11.3 Å². The molecule has 0 bridgehead atoms. The van der Waals surface area contributed by atoms with Crippen LogP contribution in [0.25, 0.3) is 0 Å². The number of carbonyl (C=O) groups is 3. The fourth-order valence-corrected chi connectivity index (χ4v) is 4.98. The van der Waals surface area contributed by atoms with Crippen LogP contribution in [-0.2, 0) is 9.53 Å². The highest BCUT2D eigenvalue weighted by Gasteiger charge is 2.42. The van der Waals surface area contributed by atoms with Gasteiger partial charge in [0.1, 0.15) is 24.1 Å². The van der Waals surface area contributed by atoms with Crippen LogP contribution in [0.5, 0.6) is 5.75 Å². The molecule has 2 fully saturated rings. The molecular weight excluding hydrogens is 527 g/mol. The molecule has 39 heavy (non-hydrogen) atoms. The maximum Gasteiger partial charge on any atom is 0.414 e. The molecule has 4 heterocycles. The molecule has 2 aliphatic heterocycles. The van der Waals surface area contributed by atoms with E-state index < -0.39 is 29.8 Å². The molecule has 200 valence electrons. The first-order valence-corrected chi connectivity index (χ1v) is 12.9. The summed E-state index contributed by atoms with van der Waals surface area (Å²) in [7, 11) is 0. The minimum Gasteiger partial charge on any atom is -0.491 e. The minimum atomic E-state index is -0.977. The van der Waals surface area contributed by atoms with Crippen molar-refractivity contribution in [2.45, 2.75) is 32.4 Å². The third kappa shape index (κ3) is 5.23. The summed E-state index contributed by atoms with van der Waals surface area (Å²) >= 11 is 1.13. The van der Waals surface area contributed by atoms with E-state index in [9.17, 15) is 18.8 Å². The Labute approximate surface area is 227 Å². The highest BCUT2D eigenvalue weighted by atomic mass is 32.1. The molecule has 1 aromatic carbocycles. The zero-order valence-electron chi connectivity index (χ0n) is 21.0. The topological polar surface area (TPSA) is 118 Å². The third-order valence-corrected chi connectivity index (χ3v) is 6.77. The molecule has 2 saturated heterocycles. The number of terminal acetylenes is 1. The lowest BCUT2D eigenvalue weighted by atomic mass is 10.1. The van der Waals surface area contributed by atoms with Crippen LogP contribution < -0.4 is 19.4 Å². The summed E-state index contributed by atoms with van der Waals surface area (Å²) in [6, 6.07) is 3.94. The molecule has 0 saturated carbocycles. The van der Waals surface area contributed by atoms with Crippen molar-refractivity contribution >= 4 is 46.6 Å². The van der Waals surface area contributed by atoms with E-state index in [1.165, 1.54) is 20.1 Å². The lowest BCUT2D eigenvalue weighted by Crippen LogP contribution is -2.46. The molecule has 11 nitrogen and oxygen atoms in total. The van der Waals surface area contributed by atoms with E-state index in [-0.39, 0.29) is 37.3 Å². The maximum atomic E-state index is 13.9. The van der Waals surface area contributed by atoms with Crippen molar-refractivity contribution in [3.05, 3.63) is 52.5 Å². The van der Waals surface area contributed by atoms with Gasteiger partial charge in [-0.2, -0.15) is 0 Å². The number of aromatic nitrogens is 3. The largest absolute Gasteiger partial charge is 0.491 e. The van der Waals surface area contributed by atoms with Gasteiger partial charge in [0.25, 0.3) is 11.8 Å². The second kappa shape index (κ2) is 10.7. The summed E-state index contributed by atoms with van der Waals surface area (Å²) in [5.74, 6) is 1.16. The normalized spacial score (nSPS) is 16.9. The molecule has 13 heteroatoms. The van der Waals surface area contributed by atoms with Crippen LogP contribution in [0.3, 0.4) is 0 Å². The maximum absolute atomic E-state index is 13.9. The first kappa shape index (κ1) is 26.1. The molecule has 1 atom stereocenters. The predicted molar refractivity (Wildman–Crippen MR) is 141 cm³/mol. The number of cyclic esters (lactones) is 1. The fourth-order valence-electron chi connectivity index (χ4n) is 4.38. The Bertz CT molecular complexity index is 1470. The zero-order valence-corrected chi connectivity index (χ0v) is 21.9. The van der Waals surface area contributed by atoms with E-state index in [1.807, 2.05) is 13.8 Å². The molecule has 0 aliphatic carbocycles. The Morgan fingerprint density at radius 2 is 2.00 bits per heavy atom. The number of benzene rings is 1. The van der Waals surface area contributed by atoms with Gasteiger partial charge >= 0.3 is 6.09 Å². The monoisotopic (exact) mass is 550 g/mol. The SMILES string of the molecule is C#Cc1nc(C(=O)N(c2cc(OC(C)C)cc(N3CCOC3=O)c2)C2CCN(c3ncc(F)cn3)C2=O)cs1. The van der Waals surface area contributed by atoms with Gasteiger partial charge in [-0.05, 0) is 32.3 Å². The van der Waals surface area contributed by atoms with Crippen molar-refractivity contribution in [1.29, 1.82) is 0 Å². The molecule has 0 radical (unpaired) electrons. The van der Waals surface area contributed by atoms with Gasteiger partial charge in [0.05, 0.1) is 36.4 Å². The van der Waals surface area contributed by atoms with Crippen molar-refractivity contribution in [2.75, 3.05) is 34.4 Å². The summed E-state index contributed by atoms with van der Waals surface area (Å²) < 4.78 is 24.4. The van der Waals surface area contributed by atoms with Crippen molar-refractivity contribution in [3.63, 3.8) is 0 Å². The van der Waals surface area contributed by atoms with Crippen LogP contribution in [0.15, 0.2) is 36.0 Å². The first-order valence-electron chi connectivity index (χ1n) is 12.1. The molecule has 2 aromatic heterocycles. The Balaban J connectivity index is 1.59. The molecule has 2 aliphatic rings. The van der Waals surface area contributed by atoms with E-state index in [0.29, 0.717) is 28.7 Å². The molecular formula is C26H23FN6O5S. The first-order chi connectivity index (χ1) is 18.7. The lowest BCUT2D eigenvalue weighted by molar-refractivity contribution is -0.118. The minimum absolute atomic E-state index is 0.0250. The van der Waals surface area contributed by atoms with Gasteiger partial charge in [-0.1, -0.05) is 0 Å². The van der Waals surface area contributed by atoms with Crippen LogP contribution in [0, 0.1) is 18.2 Å². The average molecular weight is 551 g/mol. The Morgan fingerprint density at radius 1 is 1.23 bits per heavy atom. The number of thiazole rings is 1. The summed E-state index contributed by atoms with van der Waals surface area (Å²) in [4.78, 5) is 56.1. The molecule has 5 rings (SSSR count). The van der Waals surface area contributed by atoms with Gasteiger partial charge in [-0.15, -0.1) is 17.8 Å². The van der Waals surface area contributed by atoms with Gasteiger partial charge < -0.3 is 9.47 Å². The highest BCUT2D eigenvalue weighted by Crippen LogP contribution is 2.35. The second-order valence-corrected chi connectivity index (χ2v) is 9.83. The van der Waals surface area contributed by atoms with E-state index >= 15 is 0 Å². The quantitative estimate of drug-likeness (QED) is 0.412. The van der Waals surface area contributed by atoms with Gasteiger partial charge in [0.2, 0.25) is 5.95 Å². The van der Waals surface area contributed by atoms with Crippen molar-refractivity contribution in [3.8, 4) is 18.1 Å². The predicted octanol–water partition coefficient (Wildman–Crippen LogP) is 3.25. The van der Waals surface area contributed by atoms with E-state index in [4.69, 9.17) is 15.9 Å². The van der Waals surface area contributed by atoms with Gasteiger partial charge in [0, 0.05) is 24.1 Å². The third-order valence-electron chi connectivity index (χ3n) is 6.00. The lowest BCUT2D eigenvalue weighted by Gasteiger charge is -2.29. The van der Waals surface area contributed by atoms with E-state index in [2.05, 4.69) is 20.9 Å². The van der Waals surface area contributed by atoms with Crippen molar-refractivity contribution in [1.82, 2.24) is 15.0 Å². The Kier molecular flexibility index (Phi) is 7.12. The van der Waals surface area contributed by atoms with E-state index in [1.54, 1.807) is 18.2 Å². The van der Waals surface area contributed by atoms with Gasteiger partial charge in [-0.25, -0.2) is 24.1 Å². The second-order valence-electron chi connectivity index (χ2n) is 8.97. The number of ether oxygens (including phenoxy) is 2. The number of halogens is 1. The standard InChI is InChI=1S/C26H23FN6O5S/c1-4-22-30-20(14-39-22)23(34)33(21-5-6-32(24(21)35)25-28-12-16(27)13-29-25)18-9-17(31-7-8-37-26(31)36)10-19(11-18)38-15(2)3/h1,9-15,21H,5-8H2,2-3H3. The highest BCUT2D eigenvalue weighted by molar-refractivity contribution is 7.10. The summed E-state index contributed by atoms with van der Waals surface area (Å²) in [5, 5.41) is 1.84. The van der Waals surface area contributed by atoms with Gasteiger partial charge in [-0.3, -0.25) is 24.3 Å². The number of anilines is 3. The number of rotatable bonds is 7. The Morgan fingerprint density at radius 3 is 2.64 bits per heavy atom. The number of carbonyl (C=O) groups excluding carboxylic acids is 3. The number of hydrogen-bond acceptors (Lipinski definition) is 9. The van der Waals surface area contributed by atoms with Crippen LogP contribution in [-0.4, -0.2) is 64.7 Å². The summed E-state index contributed by atoms with van der Waals surface area (Å²) in [5.41, 5.74) is 0.813. The van der Waals surface area contributed by atoms with Gasteiger partial charge in [0.15, 0.2) is 10.8 Å². The number of hydrogen-bond donors (Lipinski definition) is 0. The molecule has 0 N–H and O–H groups in total. The number of nitrogens with zero attached hydrogens (tertiary/aromatic N) is 6. The summed E-state index contributed by atoms with van der Waals surface area (Å²) in [6.07, 6.45) is 6.89. The zero-order chi connectivity index (χ0) is 27.7. The average Bonchev–Trinajstić information content (AvgIpc) is 3.65. The van der Waals surface area contributed by atoms with Crippen molar-refractivity contribution in [2.24, 2.45) is 0 Å². The van der Waals surface area contributed by atoms with Crippen molar-refractivity contribution < 1.29 is 28.2 Å². The molecule has 0 spiro atoms. The van der Waals surface area contributed by atoms with Crippen LogP contribution in [0.1, 0.15) is 35.8 Å². The molecule has 1 unspecified atom stereocenters. The molecule has 3 aromatic rings. The number of amides is 3. The Hall–Kier alpha value is -4.57. The fraction of sp³-hybridized carbons (Fsp3) is 0.308. The van der Waals surface area contributed by atoms with Crippen LogP contribution in [0.4, 0.5) is 26.5 Å².